The van der Waals surface area contributed by atoms with Gasteiger partial charge in [-0.25, -0.2) is 4.39 Å². The van der Waals surface area contributed by atoms with Gasteiger partial charge in [-0.2, -0.15) is 0 Å². The third kappa shape index (κ3) is 4.03. The Morgan fingerprint density at radius 1 is 1.50 bits per heavy atom. The fourth-order valence-electron chi connectivity index (χ4n) is 2.13. The van der Waals surface area contributed by atoms with Crippen LogP contribution in [-0.2, 0) is 0 Å². The van der Waals surface area contributed by atoms with Gasteiger partial charge in [-0.1, -0.05) is 0 Å². The van der Waals surface area contributed by atoms with Crippen molar-refractivity contribution >= 4 is 18.1 Å². The Kier molecular flexibility index (Phi) is 6.22. The second kappa shape index (κ2) is 7.44. The summed E-state index contributed by atoms with van der Waals surface area (Å²) in [7, 11) is 1.48. The van der Waals surface area contributed by atoms with Crippen LogP contribution in [0.15, 0.2) is 18.2 Å². The summed E-state index contributed by atoms with van der Waals surface area (Å²) in [5.74, 6) is 0.619. The Morgan fingerprint density at radius 2 is 2.33 bits per heavy atom. The minimum atomic E-state index is -0.322. The largest absolute Gasteiger partial charge is 0.494 e. The summed E-state index contributed by atoms with van der Waals surface area (Å²) < 4.78 is 18.2. The minimum absolute atomic E-state index is 0. The van der Waals surface area contributed by atoms with Gasteiger partial charge in [-0.15, -0.1) is 12.4 Å². The van der Waals surface area contributed by atoms with Gasteiger partial charge in [0.2, 0.25) is 0 Å². The Labute approximate surface area is 114 Å². The van der Waals surface area contributed by atoms with E-state index in [0.717, 1.165) is 25.3 Å². The fourth-order valence-corrected chi connectivity index (χ4v) is 2.13. The highest BCUT2D eigenvalue weighted by atomic mass is 35.5. The van der Waals surface area contributed by atoms with Crippen LogP contribution in [0.25, 0.3) is 0 Å². The molecule has 2 N–H and O–H groups in total. The molecule has 1 saturated heterocycles. The van der Waals surface area contributed by atoms with Gasteiger partial charge in [0, 0.05) is 18.3 Å². The molecular formula is C13H20ClFN2O. The van der Waals surface area contributed by atoms with Gasteiger partial charge in [0.05, 0.1) is 7.11 Å². The zero-order valence-corrected chi connectivity index (χ0v) is 11.4. The van der Waals surface area contributed by atoms with E-state index in [0.29, 0.717) is 5.92 Å². The maximum Gasteiger partial charge on any atom is 0.165 e. The van der Waals surface area contributed by atoms with Crippen LogP contribution in [0.4, 0.5) is 10.1 Å². The molecule has 1 aromatic rings. The van der Waals surface area contributed by atoms with Crippen molar-refractivity contribution in [1.29, 1.82) is 0 Å². The summed E-state index contributed by atoms with van der Waals surface area (Å²) >= 11 is 0. The van der Waals surface area contributed by atoms with Crippen LogP contribution >= 0.6 is 12.4 Å². The number of anilines is 1. The van der Waals surface area contributed by atoms with Gasteiger partial charge in [-0.05, 0) is 44.0 Å². The van der Waals surface area contributed by atoms with Crippen LogP contribution in [-0.4, -0.2) is 26.7 Å². The molecule has 1 heterocycles. The second-order valence-electron chi connectivity index (χ2n) is 4.44. The molecule has 1 atom stereocenters. The zero-order valence-electron chi connectivity index (χ0n) is 10.5. The van der Waals surface area contributed by atoms with E-state index in [1.54, 1.807) is 12.1 Å². The fraction of sp³-hybridized carbons (Fsp3) is 0.538. The highest BCUT2D eigenvalue weighted by molar-refractivity contribution is 5.85. The van der Waals surface area contributed by atoms with Crippen molar-refractivity contribution in [2.45, 2.75) is 12.8 Å². The molecule has 0 aromatic heterocycles. The topological polar surface area (TPSA) is 33.3 Å². The molecule has 5 heteroatoms. The number of hydrogen-bond donors (Lipinski definition) is 2. The van der Waals surface area contributed by atoms with Crippen molar-refractivity contribution in [2.75, 3.05) is 32.1 Å². The molecule has 0 spiro atoms. The van der Waals surface area contributed by atoms with E-state index in [-0.39, 0.29) is 24.0 Å². The van der Waals surface area contributed by atoms with Crippen molar-refractivity contribution < 1.29 is 9.13 Å². The Morgan fingerprint density at radius 3 is 3.00 bits per heavy atom. The quantitative estimate of drug-likeness (QED) is 0.886. The van der Waals surface area contributed by atoms with Gasteiger partial charge in [0.25, 0.3) is 0 Å². The lowest BCUT2D eigenvalue weighted by Gasteiger charge is -2.23. The molecule has 1 unspecified atom stereocenters. The third-order valence-corrected chi connectivity index (χ3v) is 3.14. The first-order chi connectivity index (χ1) is 8.29. The maximum atomic E-state index is 13.2. The molecular weight excluding hydrogens is 255 g/mol. The van der Waals surface area contributed by atoms with Gasteiger partial charge in [0.1, 0.15) is 0 Å². The standard InChI is InChI=1S/C13H19FN2O.ClH/c1-17-13-7-11(4-5-12(13)14)16-9-10-3-2-6-15-8-10;/h4-5,7,10,15-16H,2-3,6,8-9H2,1H3;1H. The Hall–Kier alpha value is -1.00. The second-order valence-corrected chi connectivity index (χ2v) is 4.44. The predicted molar refractivity (Wildman–Crippen MR) is 74.3 cm³/mol. The molecule has 0 aliphatic carbocycles. The number of hydrogen-bond acceptors (Lipinski definition) is 3. The number of methoxy groups -OCH3 is 1. The summed E-state index contributed by atoms with van der Waals surface area (Å²) in [4.78, 5) is 0. The van der Waals surface area contributed by atoms with Gasteiger partial charge in [0.15, 0.2) is 11.6 Å². The highest BCUT2D eigenvalue weighted by Gasteiger charge is 2.12. The summed E-state index contributed by atoms with van der Waals surface area (Å²) in [5.41, 5.74) is 0.911. The van der Waals surface area contributed by atoms with Crippen molar-refractivity contribution in [2.24, 2.45) is 5.92 Å². The lowest BCUT2D eigenvalue weighted by Crippen LogP contribution is -2.33. The van der Waals surface area contributed by atoms with E-state index in [1.807, 2.05) is 0 Å². The SMILES string of the molecule is COc1cc(NCC2CCCNC2)ccc1F.Cl. The molecule has 0 saturated carbocycles. The van der Waals surface area contributed by atoms with Crippen molar-refractivity contribution in [1.82, 2.24) is 5.32 Å². The number of ether oxygens (including phenoxy) is 1. The summed E-state index contributed by atoms with van der Waals surface area (Å²) in [5, 5.41) is 6.71. The molecule has 2 rings (SSSR count). The normalized spacial score (nSPS) is 18.9. The molecule has 1 fully saturated rings. The van der Waals surface area contributed by atoms with E-state index < -0.39 is 0 Å². The monoisotopic (exact) mass is 274 g/mol. The van der Waals surface area contributed by atoms with Crippen LogP contribution < -0.4 is 15.4 Å². The first-order valence-electron chi connectivity index (χ1n) is 6.07. The molecule has 1 aromatic carbocycles. The lowest BCUT2D eigenvalue weighted by molar-refractivity contribution is 0.385. The molecule has 1 aliphatic rings. The van der Waals surface area contributed by atoms with Gasteiger partial charge < -0.3 is 15.4 Å². The van der Waals surface area contributed by atoms with Gasteiger partial charge >= 0.3 is 0 Å². The summed E-state index contributed by atoms with van der Waals surface area (Å²) in [6, 6.07) is 4.87. The van der Waals surface area contributed by atoms with Crippen molar-refractivity contribution in [3.63, 3.8) is 0 Å². The van der Waals surface area contributed by atoms with Gasteiger partial charge in [-0.3, -0.25) is 0 Å². The molecule has 18 heavy (non-hydrogen) atoms. The number of piperidine rings is 1. The third-order valence-electron chi connectivity index (χ3n) is 3.14. The van der Waals surface area contributed by atoms with Crippen molar-refractivity contribution in [3.8, 4) is 5.75 Å². The summed E-state index contributed by atoms with van der Waals surface area (Å²) in [6.07, 6.45) is 2.48. The average Bonchev–Trinajstić information content (AvgIpc) is 2.39. The number of benzene rings is 1. The average molecular weight is 275 g/mol. The Balaban J connectivity index is 0.00000162. The number of nitrogens with one attached hydrogen (secondary N) is 2. The van der Waals surface area contributed by atoms with E-state index in [4.69, 9.17) is 4.74 Å². The first-order valence-corrected chi connectivity index (χ1v) is 6.07. The zero-order chi connectivity index (χ0) is 12.1. The van der Waals surface area contributed by atoms with E-state index >= 15 is 0 Å². The Bertz CT molecular complexity index is 370. The maximum absolute atomic E-state index is 13.2. The number of halogens is 2. The smallest absolute Gasteiger partial charge is 0.165 e. The van der Waals surface area contributed by atoms with Crippen LogP contribution in [0, 0.1) is 11.7 Å². The van der Waals surface area contributed by atoms with E-state index in [2.05, 4.69) is 10.6 Å². The molecule has 0 amide bonds. The molecule has 102 valence electrons. The van der Waals surface area contributed by atoms with Crippen LogP contribution in [0.2, 0.25) is 0 Å². The van der Waals surface area contributed by atoms with Crippen molar-refractivity contribution in [3.05, 3.63) is 24.0 Å². The number of rotatable bonds is 4. The van der Waals surface area contributed by atoms with Crippen LogP contribution in [0.5, 0.6) is 5.75 Å². The molecule has 0 radical (unpaired) electrons. The minimum Gasteiger partial charge on any atom is -0.494 e. The molecule has 1 aliphatic heterocycles. The van der Waals surface area contributed by atoms with E-state index in [9.17, 15) is 4.39 Å². The first kappa shape index (κ1) is 15.1. The highest BCUT2D eigenvalue weighted by Crippen LogP contribution is 2.22. The van der Waals surface area contributed by atoms with Crippen LogP contribution in [0.1, 0.15) is 12.8 Å². The van der Waals surface area contributed by atoms with Crippen LogP contribution in [0.3, 0.4) is 0 Å². The van der Waals surface area contributed by atoms with E-state index in [1.165, 1.54) is 26.0 Å². The molecule has 3 nitrogen and oxygen atoms in total. The predicted octanol–water partition coefficient (Wildman–Crippen LogP) is 2.67. The lowest BCUT2D eigenvalue weighted by atomic mass is 10.00. The molecule has 0 bridgehead atoms. The summed E-state index contributed by atoms with van der Waals surface area (Å²) in [6.45, 7) is 3.11.